The second kappa shape index (κ2) is 3.61. The summed E-state index contributed by atoms with van der Waals surface area (Å²) < 4.78 is 1.67. The zero-order valence-electron chi connectivity index (χ0n) is 10.6. The molecule has 4 heterocycles. The van der Waals surface area contributed by atoms with Crippen LogP contribution in [-0.4, -0.2) is 24.3 Å². The monoisotopic (exact) mass is 292 g/mol. The molecule has 1 aliphatic rings. The van der Waals surface area contributed by atoms with Gasteiger partial charge in [0.2, 0.25) is 5.78 Å². The highest BCUT2D eigenvalue weighted by Gasteiger charge is 2.30. The Hall–Kier alpha value is -1.34. The van der Waals surface area contributed by atoms with Gasteiger partial charge in [0, 0.05) is 15.4 Å². The van der Waals surface area contributed by atoms with Crippen LogP contribution < -0.4 is 5.56 Å². The molecule has 0 saturated heterocycles. The average molecular weight is 292 g/mol. The number of thiophene rings is 1. The zero-order valence-corrected chi connectivity index (χ0v) is 12.2. The first-order valence-electron chi connectivity index (χ1n) is 6.05. The van der Waals surface area contributed by atoms with E-state index in [1.54, 1.807) is 11.3 Å². The number of fused-ring (bicyclic) bond motifs is 4. The van der Waals surface area contributed by atoms with Crippen LogP contribution in [0.15, 0.2) is 11.1 Å². The molecule has 0 amide bonds. The second-order valence-corrected chi connectivity index (χ2v) is 8.14. The Morgan fingerprint density at radius 3 is 3.16 bits per heavy atom. The van der Waals surface area contributed by atoms with E-state index in [9.17, 15) is 4.79 Å². The smallest absolute Gasteiger partial charge is 0.268 e. The van der Waals surface area contributed by atoms with Crippen molar-refractivity contribution in [2.24, 2.45) is 0 Å². The van der Waals surface area contributed by atoms with E-state index >= 15 is 0 Å². The third-order valence-electron chi connectivity index (χ3n) is 3.47. The van der Waals surface area contributed by atoms with Gasteiger partial charge in [-0.05, 0) is 12.0 Å². The number of nitrogens with one attached hydrogen (secondary N) is 1. The fourth-order valence-electron chi connectivity index (χ4n) is 2.54. The van der Waals surface area contributed by atoms with E-state index in [1.807, 2.05) is 11.8 Å². The van der Waals surface area contributed by atoms with E-state index < -0.39 is 0 Å². The maximum absolute atomic E-state index is 12.6. The van der Waals surface area contributed by atoms with E-state index in [1.165, 1.54) is 21.2 Å². The van der Waals surface area contributed by atoms with Gasteiger partial charge in [0.05, 0.1) is 5.39 Å². The summed E-state index contributed by atoms with van der Waals surface area (Å²) >= 11 is 3.58. The fraction of sp³-hybridized carbons (Fsp3) is 0.417. The van der Waals surface area contributed by atoms with Crippen LogP contribution in [-0.2, 0) is 12.2 Å². The summed E-state index contributed by atoms with van der Waals surface area (Å²) in [6.07, 6.45) is 2.42. The van der Waals surface area contributed by atoms with Crippen LogP contribution in [0.2, 0.25) is 0 Å². The van der Waals surface area contributed by atoms with Gasteiger partial charge in [-0.1, -0.05) is 13.8 Å². The van der Waals surface area contributed by atoms with Gasteiger partial charge < -0.3 is 0 Å². The molecule has 0 unspecified atom stereocenters. The molecule has 0 fully saturated rings. The molecule has 0 bridgehead atoms. The van der Waals surface area contributed by atoms with Crippen LogP contribution in [0.5, 0.6) is 0 Å². The molecule has 1 aliphatic heterocycles. The van der Waals surface area contributed by atoms with Gasteiger partial charge in [0.1, 0.15) is 11.2 Å². The molecule has 98 valence electrons. The van der Waals surface area contributed by atoms with Gasteiger partial charge in [-0.15, -0.1) is 23.1 Å². The highest BCUT2D eigenvalue weighted by molar-refractivity contribution is 8.00. The first-order chi connectivity index (χ1) is 9.05. The number of aromatic nitrogens is 4. The Morgan fingerprint density at radius 2 is 2.32 bits per heavy atom. The lowest BCUT2D eigenvalue weighted by Gasteiger charge is -2.28. The number of hydrogen-bond donors (Lipinski definition) is 1. The van der Waals surface area contributed by atoms with Crippen molar-refractivity contribution < 1.29 is 0 Å². The predicted molar refractivity (Wildman–Crippen MR) is 78.1 cm³/mol. The molecule has 0 spiro atoms. The SMILES string of the molecule is CC1(C)Cc2c(sc3nc4[nH]ncn4c(=O)c23)CS1. The molecule has 0 atom stereocenters. The van der Waals surface area contributed by atoms with Crippen molar-refractivity contribution >= 4 is 39.1 Å². The molecule has 1 N–H and O–H groups in total. The molecule has 3 aromatic rings. The van der Waals surface area contributed by atoms with Crippen LogP contribution in [0.3, 0.4) is 0 Å². The summed E-state index contributed by atoms with van der Waals surface area (Å²) in [5.74, 6) is 1.49. The lowest BCUT2D eigenvalue weighted by Crippen LogP contribution is -2.24. The van der Waals surface area contributed by atoms with Crippen molar-refractivity contribution in [1.82, 2.24) is 19.6 Å². The fourth-order valence-corrected chi connectivity index (χ4v) is 4.87. The van der Waals surface area contributed by atoms with Gasteiger partial charge in [-0.25, -0.2) is 14.5 Å². The van der Waals surface area contributed by atoms with E-state index in [2.05, 4.69) is 29.0 Å². The van der Waals surface area contributed by atoms with Crippen molar-refractivity contribution in [2.45, 2.75) is 30.8 Å². The lowest BCUT2D eigenvalue weighted by atomic mass is 10.00. The molecule has 0 aromatic carbocycles. The van der Waals surface area contributed by atoms with Crippen LogP contribution in [0.1, 0.15) is 24.3 Å². The molecule has 0 aliphatic carbocycles. The standard InChI is InChI=1S/C12H12N4OS2/c1-12(2)3-6-7(4-18-12)19-9-8(6)10(17)16-5-13-15-11(16)14-9/h5H,3-4H2,1-2H3,(H,14,15). The topological polar surface area (TPSA) is 63.1 Å². The second-order valence-electron chi connectivity index (χ2n) is 5.38. The summed E-state index contributed by atoms with van der Waals surface area (Å²) in [5, 5.41) is 7.42. The number of thioether (sulfide) groups is 1. The summed E-state index contributed by atoms with van der Waals surface area (Å²) in [6, 6.07) is 0. The number of nitrogens with zero attached hydrogens (tertiary/aromatic N) is 3. The van der Waals surface area contributed by atoms with Crippen molar-refractivity contribution in [3.05, 3.63) is 27.1 Å². The molecule has 19 heavy (non-hydrogen) atoms. The molecule has 3 aromatic heterocycles. The average Bonchev–Trinajstić information content (AvgIpc) is 2.92. The van der Waals surface area contributed by atoms with Gasteiger partial charge >= 0.3 is 0 Å². The molecule has 7 heteroatoms. The molecule has 4 rings (SSSR count). The van der Waals surface area contributed by atoms with Crippen LogP contribution in [0.25, 0.3) is 16.0 Å². The number of aromatic amines is 1. The maximum atomic E-state index is 12.6. The van der Waals surface area contributed by atoms with Gasteiger partial charge in [-0.3, -0.25) is 4.79 Å². The molecule has 0 radical (unpaired) electrons. The largest absolute Gasteiger partial charge is 0.269 e. The predicted octanol–water partition coefficient (Wildman–Crippen LogP) is 2.20. The van der Waals surface area contributed by atoms with Gasteiger partial charge in [-0.2, -0.15) is 5.10 Å². The Labute approximate surface area is 117 Å². The Morgan fingerprint density at radius 1 is 1.47 bits per heavy atom. The first-order valence-corrected chi connectivity index (χ1v) is 7.85. The van der Waals surface area contributed by atoms with Crippen LogP contribution in [0.4, 0.5) is 0 Å². The minimum Gasteiger partial charge on any atom is -0.268 e. The van der Waals surface area contributed by atoms with Crippen LogP contribution >= 0.6 is 23.1 Å². The molecule has 0 saturated carbocycles. The van der Waals surface area contributed by atoms with E-state index in [0.29, 0.717) is 5.78 Å². The Kier molecular flexibility index (Phi) is 2.18. The highest BCUT2D eigenvalue weighted by atomic mass is 32.2. The normalized spacial score (nSPS) is 18.0. The minimum absolute atomic E-state index is 0.00560. The first kappa shape index (κ1) is 11.5. The third kappa shape index (κ3) is 1.58. The Bertz CT molecular complexity index is 858. The summed E-state index contributed by atoms with van der Waals surface area (Å²) in [7, 11) is 0. The quantitative estimate of drug-likeness (QED) is 0.690. The van der Waals surface area contributed by atoms with Crippen molar-refractivity contribution in [3.63, 3.8) is 0 Å². The van der Waals surface area contributed by atoms with E-state index in [4.69, 9.17) is 0 Å². The number of hydrogen-bond acceptors (Lipinski definition) is 5. The van der Waals surface area contributed by atoms with E-state index in [-0.39, 0.29) is 10.3 Å². The number of rotatable bonds is 0. The van der Waals surface area contributed by atoms with Gasteiger partial charge in [0.15, 0.2) is 0 Å². The summed E-state index contributed by atoms with van der Waals surface area (Å²) in [5.41, 5.74) is 1.19. The highest BCUT2D eigenvalue weighted by Crippen LogP contribution is 2.43. The number of H-pyrrole nitrogens is 1. The zero-order chi connectivity index (χ0) is 13.2. The Balaban J connectivity index is 2.12. The summed E-state index contributed by atoms with van der Waals surface area (Å²) in [4.78, 5) is 19.2. The molecular formula is C12H12N4OS2. The molecular weight excluding hydrogens is 280 g/mol. The van der Waals surface area contributed by atoms with Crippen molar-refractivity contribution in [1.29, 1.82) is 0 Å². The van der Waals surface area contributed by atoms with Gasteiger partial charge in [0.25, 0.3) is 5.56 Å². The molecule has 5 nitrogen and oxygen atoms in total. The maximum Gasteiger partial charge on any atom is 0.269 e. The van der Waals surface area contributed by atoms with Crippen molar-refractivity contribution in [3.8, 4) is 0 Å². The van der Waals surface area contributed by atoms with Crippen LogP contribution in [0, 0.1) is 0 Å². The third-order valence-corrected chi connectivity index (χ3v) is 6.14. The van der Waals surface area contributed by atoms with E-state index in [0.717, 1.165) is 22.4 Å². The summed E-state index contributed by atoms with van der Waals surface area (Å²) in [6.45, 7) is 4.46. The van der Waals surface area contributed by atoms with Crippen molar-refractivity contribution in [2.75, 3.05) is 0 Å². The lowest BCUT2D eigenvalue weighted by molar-refractivity contribution is 0.699. The minimum atomic E-state index is -0.00560.